The first-order valence-electron chi connectivity index (χ1n) is 7.91. The second-order valence-corrected chi connectivity index (χ2v) is 5.53. The van der Waals surface area contributed by atoms with Crippen LogP contribution in [0.4, 0.5) is 19.3 Å². The average molecular weight is 380 g/mol. The maximum absolute atomic E-state index is 14.5. The number of anilines is 1. The smallest absolute Gasteiger partial charge is 0.345 e. The number of aromatic nitrogens is 2. The fourth-order valence-corrected chi connectivity index (χ4v) is 2.65. The van der Waals surface area contributed by atoms with Crippen molar-refractivity contribution in [2.24, 2.45) is 0 Å². The van der Waals surface area contributed by atoms with Crippen molar-refractivity contribution in [3.8, 4) is 5.69 Å². The van der Waals surface area contributed by atoms with Crippen molar-refractivity contribution in [1.82, 2.24) is 14.9 Å². The molecule has 1 aliphatic heterocycles. The molecule has 2 aromatic rings. The molecule has 1 aliphatic rings. The molecule has 0 atom stereocenters. The van der Waals surface area contributed by atoms with Crippen LogP contribution in [-0.2, 0) is 4.74 Å². The van der Waals surface area contributed by atoms with Crippen molar-refractivity contribution in [2.45, 2.75) is 6.92 Å². The monoisotopic (exact) mass is 380 g/mol. The molecular formula is C16H14F2N4O5. The molecule has 0 unspecified atom stereocenters. The topological polar surface area (TPSA) is 114 Å². The lowest BCUT2D eigenvalue weighted by Gasteiger charge is -2.17. The molecule has 1 saturated heterocycles. The summed E-state index contributed by atoms with van der Waals surface area (Å²) in [5.74, 6) is -3.16. The fourth-order valence-electron chi connectivity index (χ4n) is 2.65. The molecule has 3 rings (SSSR count). The van der Waals surface area contributed by atoms with Gasteiger partial charge in [-0.2, -0.15) is 0 Å². The Kier molecular flexibility index (Phi) is 4.75. The van der Waals surface area contributed by atoms with Gasteiger partial charge in [-0.15, -0.1) is 0 Å². The molecule has 27 heavy (non-hydrogen) atoms. The quantitative estimate of drug-likeness (QED) is 0.751. The maximum atomic E-state index is 14.5. The van der Waals surface area contributed by atoms with Gasteiger partial charge in [-0.25, -0.2) is 23.2 Å². The summed E-state index contributed by atoms with van der Waals surface area (Å²) in [5, 5.41) is 2.42. The van der Waals surface area contributed by atoms with Crippen LogP contribution < -0.4 is 21.5 Å². The number of carbonyl (C=O) groups is 2. The summed E-state index contributed by atoms with van der Waals surface area (Å²) in [6, 6.07) is 0.989. The Hall–Kier alpha value is -3.50. The molecule has 11 heteroatoms. The molecule has 0 radical (unpaired) electrons. The molecule has 0 aliphatic carbocycles. The van der Waals surface area contributed by atoms with E-state index in [1.165, 1.54) is 6.92 Å². The summed E-state index contributed by atoms with van der Waals surface area (Å²) in [6.45, 7) is 1.84. The van der Waals surface area contributed by atoms with Crippen molar-refractivity contribution >= 4 is 17.7 Å². The van der Waals surface area contributed by atoms with E-state index in [4.69, 9.17) is 4.74 Å². The lowest BCUT2D eigenvalue weighted by molar-refractivity contribution is 0.0523. The van der Waals surface area contributed by atoms with Gasteiger partial charge in [0.05, 0.1) is 12.3 Å². The maximum Gasteiger partial charge on any atom is 0.345 e. The van der Waals surface area contributed by atoms with Gasteiger partial charge in [0.25, 0.3) is 5.56 Å². The third-order valence-electron chi connectivity index (χ3n) is 3.84. The molecule has 142 valence electrons. The molecule has 0 spiro atoms. The van der Waals surface area contributed by atoms with Gasteiger partial charge in [0.15, 0.2) is 11.6 Å². The molecular weight excluding hydrogens is 366 g/mol. The summed E-state index contributed by atoms with van der Waals surface area (Å²) in [6.07, 6.45) is 0.843. The number of hydrogen-bond acceptors (Lipinski definition) is 5. The van der Waals surface area contributed by atoms with Crippen LogP contribution in [0.15, 0.2) is 27.9 Å². The van der Waals surface area contributed by atoms with Gasteiger partial charge in [0, 0.05) is 31.4 Å². The van der Waals surface area contributed by atoms with Crippen molar-refractivity contribution in [2.75, 3.05) is 24.6 Å². The third kappa shape index (κ3) is 3.30. The molecule has 2 N–H and O–H groups in total. The highest BCUT2D eigenvalue weighted by atomic mass is 19.1. The predicted molar refractivity (Wildman–Crippen MR) is 89.3 cm³/mol. The number of rotatable bonds is 4. The van der Waals surface area contributed by atoms with E-state index in [1.54, 1.807) is 0 Å². The Morgan fingerprint density at radius 1 is 1.22 bits per heavy atom. The van der Waals surface area contributed by atoms with Gasteiger partial charge in [0.1, 0.15) is 11.3 Å². The van der Waals surface area contributed by atoms with E-state index in [0.29, 0.717) is 4.57 Å². The van der Waals surface area contributed by atoms with Crippen LogP contribution >= 0.6 is 0 Å². The third-order valence-corrected chi connectivity index (χ3v) is 3.84. The van der Waals surface area contributed by atoms with Crippen LogP contribution in [0.3, 0.4) is 0 Å². The highest BCUT2D eigenvalue weighted by Crippen LogP contribution is 2.27. The Bertz CT molecular complexity index is 1020. The Labute approximate surface area is 150 Å². The highest BCUT2D eigenvalue weighted by molar-refractivity contribution is 5.94. The molecule has 1 aromatic carbocycles. The summed E-state index contributed by atoms with van der Waals surface area (Å²) in [4.78, 5) is 50.0. The summed E-state index contributed by atoms with van der Waals surface area (Å²) >= 11 is 0. The number of hydrogen-bond donors (Lipinski definition) is 2. The Morgan fingerprint density at radius 3 is 2.44 bits per heavy atom. The molecule has 1 fully saturated rings. The minimum atomic E-state index is -1.09. The van der Waals surface area contributed by atoms with Gasteiger partial charge in [-0.3, -0.25) is 19.2 Å². The van der Waals surface area contributed by atoms with Gasteiger partial charge >= 0.3 is 17.7 Å². The Morgan fingerprint density at radius 2 is 1.89 bits per heavy atom. The number of halogens is 2. The number of benzene rings is 1. The number of urea groups is 1. The van der Waals surface area contributed by atoms with Crippen molar-refractivity contribution < 1.29 is 23.1 Å². The van der Waals surface area contributed by atoms with E-state index in [2.05, 4.69) is 5.32 Å². The summed E-state index contributed by atoms with van der Waals surface area (Å²) < 4.78 is 34.4. The van der Waals surface area contributed by atoms with E-state index in [-0.39, 0.29) is 25.4 Å². The lowest BCUT2D eigenvalue weighted by Crippen LogP contribution is -2.33. The molecule has 2 amide bonds. The normalized spacial score (nSPS) is 13.6. The SMILES string of the molecule is CCOC(=O)c1cn(-c2cc(F)c(N3CCNC3=O)c(F)c2)c(=O)[nH]c1=O. The number of nitrogens with zero attached hydrogens (tertiary/aromatic N) is 2. The number of amides is 2. The van der Waals surface area contributed by atoms with E-state index in [0.717, 1.165) is 23.2 Å². The van der Waals surface area contributed by atoms with Gasteiger partial charge in [-0.05, 0) is 6.92 Å². The number of aromatic amines is 1. The fraction of sp³-hybridized carbons (Fsp3) is 0.250. The van der Waals surface area contributed by atoms with Gasteiger partial charge in [-0.1, -0.05) is 0 Å². The minimum Gasteiger partial charge on any atom is -0.462 e. The van der Waals surface area contributed by atoms with Crippen LogP contribution in [-0.4, -0.2) is 41.2 Å². The van der Waals surface area contributed by atoms with E-state index < -0.39 is 46.1 Å². The highest BCUT2D eigenvalue weighted by Gasteiger charge is 2.28. The van der Waals surface area contributed by atoms with Crippen LogP contribution in [0.5, 0.6) is 0 Å². The average Bonchev–Trinajstić information content (AvgIpc) is 3.00. The standard InChI is InChI=1S/C16H14F2N4O5/c1-2-27-14(24)9-7-22(16(26)20-13(9)23)8-5-10(17)12(11(18)6-8)21-4-3-19-15(21)25/h5-7H,2-4H2,1H3,(H,19,25)(H,20,23,26). The molecule has 2 heterocycles. The predicted octanol–water partition coefficient (Wildman–Crippen LogP) is 0.510. The minimum absolute atomic E-state index is 0.00669. The second kappa shape index (κ2) is 7.02. The Balaban J connectivity index is 2.11. The summed E-state index contributed by atoms with van der Waals surface area (Å²) in [7, 11) is 0. The van der Waals surface area contributed by atoms with Crippen LogP contribution in [0, 0.1) is 11.6 Å². The van der Waals surface area contributed by atoms with E-state index >= 15 is 0 Å². The number of ether oxygens (including phenoxy) is 1. The molecule has 0 saturated carbocycles. The number of H-pyrrole nitrogens is 1. The number of esters is 1. The van der Waals surface area contributed by atoms with Crippen molar-refractivity contribution in [1.29, 1.82) is 0 Å². The second-order valence-electron chi connectivity index (χ2n) is 5.53. The first-order valence-corrected chi connectivity index (χ1v) is 7.91. The number of carbonyl (C=O) groups excluding carboxylic acids is 2. The zero-order valence-corrected chi connectivity index (χ0v) is 14.0. The van der Waals surface area contributed by atoms with Gasteiger partial charge in [0.2, 0.25) is 0 Å². The van der Waals surface area contributed by atoms with Crippen molar-refractivity contribution in [3.63, 3.8) is 0 Å². The van der Waals surface area contributed by atoms with Crippen LogP contribution in [0.1, 0.15) is 17.3 Å². The number of nitrogens with one attached hydrogen (secondary N) is 2. The van der Waals surface area contributed by atoms with Crippen LogP contribution in [0.25, 0.3) is 5.69 Å². The largest absolute Gasteiger partial charge is 0.462 e. The van der Waals surface area contributed by atoms with Gasteiger partial charge < -0.3 is 10.1 Å². The zero-order valence-electron chi connectivity index (χ0n) is 14.0. The first-order chi connectivity index (χ1) is 12.8. The zero-order chi connectivity index (χ0) is 19.7. The molecule has 0 bridgehead atoms. The summed E-state index contributed by atoms with van der Waals surface area (Å²) in [5.41, 5.74) is -3.32. The molecule has 1 aromatic heterocycles. The van der Waals surface area contributed by atoms with Crippen molar-refractivity contribution in [3.05, 3.63) is 56.4 Å². The van der Waals surface area contributed by atoms with Crippen LogP contribution in [0.2, 0.25) is 0 Å². The van der Waals surface area contributed by atoms with E-state index in [9.17, 15) is 28.0 Å². The lowest BCUT2D eigenvalue weighted by atomic mass is 10.2. The molecule has 9 nitrogen and oxygen atoms in total. The van der Waals surface area contributed by atoms with E-state index in [1.807, 2.05) is 4.98 Å². The first kappa shape index (κ1) is 18.3.